The van der Waals surface area contributed by atoms with Crippen LogP contribution in [-0.2, 0) is 0 Å². The van der Waals surface area contributed by atoms with Crippen LogP contribution in [0.25, 0.3) is 11.3 Å². The van der Waals surface area contributed by atoms with Crippen LogP contribution in [0, 0.1) is 11.3 Å². The highest BCUT2D eigenvalue weighted by molar-refractivity contribution is 6.29. The highest BCUT2D eigenvalue weighted by atomic mass is 35.5. The molecule has 0 saturated carbocycles. The fourth-order valence-corrected chi connectivity index (χ4v) is 2.10. The standard InChI is InChI=1S/C15H10ClN7O/c16-11-4-5-12(23-22-11)24-9-3-1-2-8(6-9)13-10(7-17)14(18)21-15(19)20-13/h1-6H,(H4,18,19,20,21). The van der Waals surface area contributed by atoms with Gasteiger partial charge in [0.05, 0.1) is 5.69 Å². The minimum Gasteiger partial charge on any atom is -0.438 e. The molecular formula is C15H10ClN7O. The second-order valence-corrected chi connectivity index (χ2v) is 5.01. The van der Waals surface area contributed by atoms with Crippen LogP contribution in [-0.4, -0.2) is 20.2 Å². The number of rotatable bonds is 3. The molecule has 0 spiro atoms. The van der Waals surface area contributed by atoms with Crippen molar-refractivity contribution in [2.75, 3.05) is 11.5 Å². The number of anilines is 2. The van der Waals surface area contributed by atoms with Gasteiger partial charge >= 0.3 is 0 Å². The lowest BCUT2D eigenvalue weighted by Gasteiger charge is -2.09. The molecule has 0 unspecified atom stereocenters. The van der Waals surface area contributed by atoms with Crippen molar-refractivity contribution in [2.45, 2.75) is 0 Å². The van der Waals surface area contributed by atoms with E-state index >= 15 is 0 Å². The van der Waals surface area contributed by atoms with E-state index in [0.29, 0.717) is 17.0 Å². The van der Waals surface area contributed by atoms with E-state index in [1.54, 1.807) is 36.4 Å². The highest BCUT2D eigenvalue weighted by Crippen LogP contribution is 2.29. The lowest BCUT2D eigenvalue weighted by molar-refractivity contribution is 0.455. The van der Waals surface area contributed by atoms with Gasteiger partial charge in [0.2, 0.25) is 11.8 Å². The molecule has 4 N–H and O–H groups in total. The molecule has 0 aliphatic rings. The Balaban J connectivity index is 2.00. The first kappa shape index (κ1) is 15.5. The maximum atomic E-state index is 9.27. The molecular weight excluding hydrogens is 330 g/mol. The van der Waals surface area contributed by atoms with Crippen LogP contribution in [0.5, 0.6) is 11.6 Å². The van der Waals surface area contributed by atoms with Gasteiger partial charge in [-0.2, -0.15) is 10.2 Å². The Labute approximate surface area is 141 Å². The zero-order valence-electron chi connectivity index (χ0n) is 12.1. The maximum Gasteiger partial charge on any atom is 0.238 e. The van der Waals surface area contributed by atoms with E-state index < -0.39 is 0 Å². The largest absolute Gasteiger partial charge is 0.438 e. The molecule has 24 heavy (non-hydrogen) atoms. The normalized spacial score (nSPS) is 10.2. The van der Waals surface area contributed by atoms with Gasteiger partial charge < -0.3 is 16.2 Å². The Morgan fingerprint density at radius 3 is 2.62 bits per heavy atom. The molecule has 0 fully saturated rings. The van der Waals surface area contributed by atoms with Crippen molar-refractivity contribution in [3.63, 3.8) is 0 Å². The summed E-state index contributed by atoms with van der Waals surface area (Å²) in [7, 11) is 0. The summed E-state index contributed by atoms with van der Waals surface area (Å²) in [6, 6.07) is 12.0. The molecule has 0 amide bonds. The molecule has 8 nitrogen and oxygen atoms in total. The first-order chi connectivity index (χ1) is 11.6. The van der Waals surface area contributed by atoms with Gasteiger partial charge in [-0.15, -0.1) is 10.2 Å². The molecule has 0 bridgehead atoms. The Kier molecular flexibility index (Phi) is 4.09. The van der Waals surface area contributed by atoms with Crippen LogP contribution < -0.4 is 16.2 Å². The number of hydrogen-bond donors (Lipinski definition) is 2. The van der Waals surface area contributed by atoms with Gasteiger partial charge in [0, 0.05) is 11.6 Å². The van der Waals surface area contributed by atoms with E-state index in [0.717, 1.165) is 0 Å². The van der Waals surface area contributed by atoms with Crippen molar-refractivity contribution in [3.05, 3.63) is 47.1 Å². The fraction of sp³-hybridized carbons (Fsp3) is 0. The summed E-state index contributed by atoms with van der Waals surface area (Å²) in [6.45, 7) is 0. The smallest absolute Gasteiger partial charge is 0.238 e. The van der Waals surface area contributed by atoms with Crippen molar-refractivity contribution < 1.29 is 4.74 Å². The molecule has 118 valence electrons. The van der Waals surface area contributed by atoms with E-state index in [1.807, 2.05) is 6.07 Å². The van der Waals surface area contributed by atoms with Crippen LogP contribution >= 0.6 is 11.6 Å². The molecule has 1 aromatic carbocycles. The van der Waals surface area contributed by atoms with E-state index in [4.69, 9.17) is 27.8 Å². The lowest BCUT2D eigenvalue weighted by atomic mass is 10.1. The summed E-state index contributed by atoms with van der Waals surface area (Å²) < 4.78 is 5.61. The number of halogens is 1. The average molecular weight is 340 g/mol. The number of nitrogens with zero attached hydrogens (tertiary/aromatic N) is 5. The fourth-order valence-electron chi connectivity index (χ4n) is 2.00. The van der Waals surface area contributed by atoms with Gasteiger partial charge in [-0.3, -0.25) is 0 Å². The van der Waals surface area contributed by atoms with Gasteiger partial charge in [0.15, 0.2) is 5.15 Å². The van der Waals surface area contributed by atoms with Gasteiger partial charge in [-0.1, -0.05) is 23.7 Å². The summed E-state index contributed by atoms with van der Waals surface area (Å²) in [5.41, 5.74) is 12.4. The maximum absolute atomic E-state index is 9.27. The monoisotopic (exact) mass is 339 g/mol. The first-order valence-corrected chi connectivity index (χ1v) is 7.05. The molecule has 0 atom stereocenters. The third-order valence-electron chi connectivity index (χ3n) is 3.00. The summed E-state index contributed by atoms with van der Waals surface area (Å²) >= 11 is 5.69. The minimum absolute atomic E-state index is 0.0172. The zero-order valence-corrected chi connectivity index (χ0v) is 12.9. The van der Waals surface area contributed by atoms with Crippen molar-refractivity contribution in [3.8, 4) is 29.0 Å². The van der Waals surface area contributed by atoms with Crippen LogP contribution in [0.2, 0.25) is 5.15 Å². The number of nitrogens with two attached hydrogens (primary N) is 2. The number of hydrogen-bond acceptors (Lipinski definition) is 8. The summed E-state index contributed by atoms with van der Waals surface area (Å²) in [5.74, 6) is 0.758. The number of nitrogen functional groups attached to an aromatic ring is 2. The molecule has 2 heterocycles. The van der Waals surface area contributed by atoms with Crippen molar-refractivity contribution in [2.24, 2.45) is 0 Å². The SMILES string of the molecule is N#Cc1c(N)nc(N)nc1-c1cccc(Oc2ccc(Cl)nn2)c1. The quantitative estimate of drug-likeness (QED) is 0.742. The Hall–Kier alpha value is -3.44. The van der Waals surface area contributed by atoms with Gasteiger partial charge in [-0.05, 0) is 18.2 Å². The van der Waals surface area contributed by atoms with Crippen molar-refractivity contribution >= 4 is 23.4 Å². The van der Waals surface area contributed by atoms with Crippen LogP contribution in [0.1, 0.15) is 5.56 Å². The highest BCUT2D eigenvalue weighted by Gasteiger charge is 2.14. The first-order valence-electron chi connectivity index (χ1n) is 6.67. The molecule has 3 aromatic rings. The number of aromatic nitrogens is 4. The summed E-state index contributed by atoms with van der Waals surface area (Å²) in [6.07, 6.45) is 0. The lowest BCUT2D eigenvalue weighted by Crippen LogP contribution is -2.05. The summed E-state index contributed by atoms with van der Waals surface area (Å²) in [4.78, 5) is 7.89. The Bertz CT molecular complexity index is 938. The van der Waals surface area contributed by atoms with Crippen molar-refractivity contribution in [1.29, 1.82) is 5.26 Å². The molecule has 9 heteroatoms. The van der Waals surface area contributed by atoms with Crippen LogP contribution in [0.3, 0.4) is 0 Å². The molecule has 3 rings (SSSR count). The molecule has 2 aromatic heterocycles. The average Bonchev–Trinajstić information content (AvgIpc) is 2.57. The third kappa shape index (κ3) is 3.16. The van der Waals surface area contributed by atoms with E-state index in [9.17, 15) is 5.26 Å². The van der Waals surface area contributed by atoms with Gasteiger partial charge in [0.1, 0.15) is 23.2 Å². The second kappa shape index (κ2) is 6.36. The number of ether oxygens (including phenoxy) is 1. The molecule has 0 radical (unpaired) electrons. The molecule has 0 aliphatic heterocycles. The topological polar surface area (TPSA) is 137 Å². The number of nitriles is 1. The van der Waals surface area contributed by atoms with E-state index in [1.165, 1.54) is 0 Å². The van der Waals surface area contributed by atoms with Gasteiger partial charge in [-0.25, -0.2) is 4.98 Å². The Morgan fingerprint density at radius 2 is 1.92 bits per heavy atom. The van der Waals surface area contributed by atoms with E-state index in [2.05, 4.69) is 20.2 Å². The predicted octanol–water partition coefficient (Wildman–Crippen LogP) is 2.42. The van der Waals surface area contributed by atoms with Gasteiger partial charge in [0.25, 0.3) is 0 Å². The van der Waals surface area contributed by atoms with Crippen molar-refractivity contribution in [1.82, 2.24) is 20.2 Å². The van der Waals surface area contributed by atoms with Crippen LogP contribution in [0.15, 0.2) is 36.4 Å². The van der Waals surface area contributed by atoms with Crippen LogP contribution in [0.4, 0.5) is 11.8 Å². The minimum atomic E-state index is -0.0172. The zero-order chi connectivity index (χ0) is 17.1. The Morgan fingerprint density at radius 1 is 1.08 bits per heavy atom. The summed E-state index contributed by atoms with van der Waals surface area (Å²) in [5, 5.41) is 17.1. The van der Waals surface area contributed by atoms with E-state index in [-0.39, 0.29) is 28.4 Å². The molecule has 0 aliphatic carbocycles. The molecule has 0 saturated heterocycles. The third-order valence-corrected chi connectivity index (χ3v) is 3.21. The predicted molar refractivity (Wildman–Crippen MR) is 88.1 cm³/mol. The second-order valence-electron chi connectivity index (χ2n) is 4.63. The number of benzene rings is 1.